The van der Waals surface area contributed by atoms with Crippen LogP contribution in [0.2, 0.25) is 0 Å². The van der Waals surface area contributed by atoms with Crippen LogP contribution in [-0.2, 0) is 0 Å². The van der Waals surface area contributed by atoms with Crippen molar-refractivity contribution in [2.45, 2.75) is 6.17 Å². The van der Waals surface area contributed by atoms with Gasteiger partial charge in [0, 0.05) is 11.4 Å². The zero-order valence-electron chi connectivity index (χ0n) is 13.1. The quantitative estimate of drug-likeness (QED) is 0.733. The molecule has 0 unspecified atom stereocenters. The van der Waals surface area contributed by atoms with E-state index in [4.69, 9.17) is 0 Å². The number of nitrogens with zero attached hydrogens (tertiary/aromatic N) is 1. The van der Waals surface area contributed by atoms with E-state index >= 15 is 0 Å². The number of carbonyl (C=O) groups excluding carboxylic acids is 1. The number of benzene rings is 3. The highest BCUT2D eigenvalue weighted by molar-refractivity contribution is 6.12. The van der Waals surface area contributed by atoms with E-state index < -0.39 is 17.8 Å². The third kappa shape index (κ3) is 2.63. The van der Waals surface area contributed by atoms with Crippen LogP contribution in [0.25, 0.3) is 0 Å². The minimum absolute atomic E-state index is 0.199. The second kappa shape index (κ2) is 6.02. The summed E-state index contributed by atoms with van der Waals surface area (Å²) in [5, 5.41) is 3.25. The van der Waals surface area contributed by atoms with Gasteiger partial charge in [0.15, 0.2) is 11.6 Å². The Labute approximate surface area is 143 Å². The van der Waals surface area contributed by atoms with Crippen LogP contribution in [0.4, 0.5) is 20.2 Å². The number of carbonyl (C=O) groups is 1. The molecule has 0 spiro atoms. The van der Waals surface area contributed by atoms with Crippen molar-refractivity contribution in [3.63, 3.8) is 0 Å². The molecule has 1 atom stereocenters. The number of hydrogen-bond donors (Lipinski definition) is 1. The minimum atomic E-state index is -0.946. The summed E-state index contributed by atoms with van der Waals surface area (Å²) in [4.78, 5) is 14.6. The Morgan fingerprint density at radius 1 is 0.840 bits per heavy atom. The van der Waals surface area contributed by atoms with Crippen LogP contribution >= 0.6 is 0 Å². The highest BCUT2D eigenvalue weighted by Gasteiger charge is 2.34. The molecule has 3 nitrogen and oxygen atoms in total. The molecule has 0 aliphatic carbocycles. The van der Waals surface area contributed by atoms with Crippen molar-refractivity contribution in [2.75, 3.05) is 10.2 Å². The fourth-order valence-electron chi connectivity index (χ4n) is 3.02. The van der Waals surface area contributed by atoms with Crippen molar-refractivity contribution in [1.82, 2.24) is 0 Å². The van der Waals surface area contributed by atoms with Crippen molar-refractivity contribution in [1.29, 1.82) is 0 Å². The minimum Gasteiger partial charge on any atom is -0.360 e. The number of halogens is 2. The Hall–Kier alpha value is -3.21. The predicted octanol–water partition coefficient (Wildman–Crippen LogP) is 4.74. The van der Waals surface area contributed by atoms with Crippen molar-refractivity contribution in [3.05, 3.63) is 95.6 Å². The lowest BCUT2D eigenvalue weighted by Gasteiger charge is -2.38. The lowest BCUT2D eigenvalue weighted by molar-refractivity contribution is 0.0975. The van der Waals surface area contributed by atoms with Gasteiger partial charge in [-0.25, -0.2) is 8.78 Å². The third-order valence-corrected chi connectivity index (χ3v) is 4.22. The van der Waals surface area contributed by atoms with Gasteiger partial charge in [0.05, 0.1) is 5.56 Å². The Balaban J connectivity index is 1.87. The first-order valence-electron chi connectivity index (χ1n) is 7.84. The third-order valence-electron chi connectivity index (χ3n) is 4.22. The van der Waals surface area contributed by atoms with Crippen LogP contribution in [0.5, 0.6) is 0 Å². The fraction of sp³-hybridized carbons (Fsp3) is 0.0500. The van der Waals surface area contributed by atoms with E-state index in [1.807, 2.05) is 24.3 Å². The van der Waals surface area contributed by atoms with Crippen LogP contribution in [0.15, 0.2) is 72.8 Å². The summed E-state index contributed by atoms with van der Waals surface area (Å²) in [7, 11) is 0. The van der Waals surface area contributed by atoms with Gasteiger partial charge in [0.1, 0.15) is 6.17 Å². The molecule has 1 N–H and O–H groups in total. The molecule has 1 aliphatic heterocycles. The Kier molecular flexibility index (Phi) is 3.69. The van der Waals surface area contributed by atoms with E-state index in [-0.39, 0.29) is 5.91 Å². The van der Waals surface area contributed by atoms with Gasteiger partial charge in [-0.3, -0.25) is 9.69 Å². The van der Waals surface area contributed by atoms with Gasteiger partial charge in [0.25, 0.3) is 5.91 Å². The molecule has 1 heterocycles. The first kappa shape index (κ1) is 15.3. The van der Waals surface area contributed by atoms with Crippen LogP contribution in [-0.4, -0.2) is 5.91 Å². The normalized spacial score (nSPS) is 16.3. The molecule has 25 heavy (non-hydrogen) atoms. The molecule has 1 amide bonds. The molecule has 0 aromatic heterocycles. The van der Waals surface area contributed by atoms with Gasteiger partial charge in [-0.2, -0.15) is 0 Å². The summed E-state index contributed by atoms with van der Waals surface area (Å²) >= 11 is 0. The predicted molar refractivity (Wildman–Crippen MR) is 92.4 cm³/mol. The highest BCUT2D eigenvalue weighted by Crippen LogP contribution is 2.36. The van der Waals surface area contributed by atoms with E-state index in [2.05, 4.69) is 5.32 Å². The van der Waals surface area contributed by atoms with E-state index in [0.717, 1.165) is 12.1 Å². The fourth-order valence-corrected chi connectivity index (χ4v) is 3.02. The molecule has 3 aromatic carbocycles. The van der Waals surface area contributed by atoms with Gasteiger partial charge >= 0.3 is 0 Å². The molecule has 5 heteroatoms. The average Bonchev–Trinajstić information content (AvgIpc) is 2.64. The highest BCUT2D eigenvalue weighted by atomic mass is 19.2. The number of nitrogens with one attached hydrogen (secondary N) is 1. The maximum absolute atomic E-state index is 13.8. The Morgan fingerprint density at radius 3 is 2.32 bits per heavy atom. The van der Waals surface area contributed by atoms with E-state index in [0.29, 0.717) is 22.5 Å². The molecule has 0 bridgehead atoms. The van der Waals surface area contributed by atoms with Gasteiger partial charge in [0.2, 0.25) is 0 Å². The summed E-state index contributed by atoms with van der Waals surface area (Å²) in [5.74, 6) is -2.06. The van der Waals surface area contributed by atoms with Crippen molar-refractivity contribution < 1.29 is 13.6 Å². The van der Waals surface area contributed by atoms with Crippen LogP contribution in [0.3, 0.4) is 0 Å². The summed E-state index contributed by atoms with van der Waals surface area (Å²) in [6.07, 6.45) is -0.639. The Bertz CT molecular complexity index is 943. The van der Waals surface area contributed by atoms with E-state index in [9.17, 15) is 13.6 Å². The summed E-state index contributed by atoms with van der Waals surface area (Å²) in [6, 6.07) is 19.9. The summed E-state index contributed by atoms with van der Waals surface area (Å²) in [6.45, 7) is 0. The molecule has 4 rings (SSSR count). The van der Waals surface area contributed by atoms with Gasteiger partial charge in [-0.1, -0.05) is 36.4 Å². The lowest BCUT2D eigenvalue weighted by atomic mass is 10.0. The van der Waals surface area contributed by atoms with Crippen LogP contribution in [0, 0.1) is 11.6 Å². The SMILES string of the molecule is O=C1c2ccccc2N[C@H](c2ccc(F)c(F)c2)N1c1ccccc1. The van der Waals surface area contributed by atoms with Gasteiger partial charge in [-0.15, -0.1) is 0 Å². The molecule has 0 radical (unpaired) electrons. The molecule has 0 saturated heterocycles. The number of hydrogen-bond acceptors (Lipinski definition) is 2. The average molecular weight is 336 g/mol. The number of fused-ring (bicyclic) bond motifs is 1. The maximum atomic E-state index is 13.8. The zero-order chi connectivity index (χ0) is 17.4. The monoisotopic (exact) mass is 336 g/mol. The second-order valence-corrected chi connectivity index (χ2v) is 5.78. The van der Waals surface area contributed by atoms with E-state index in [1.54, 1.807) is 35.2 Å². The van der Waals surface area contributed by atoms with Crippen molar-refractivity contribution in [2.24, 2.45) is 0 Å². The van der Waals surface area contributed by atoms with Crippen LogP contribution in [0.1, 0.15) is 22.1 Å². The molecular formula is C20H14F2N2O. The Morgan fingerprint density at radius 2 is 1.56 bits per heavy atom. The number of amides is 1. The maximum Gasteiger partial charge on any atom is 0.262 e. The van der Waals surface area contributed by atoms with Crippen molar-refractivity contribution >= 4 is 17.3 Å². The largest absolute Gasteiger partial charge is 0.360 e. The smallest absolute Gasteiger partial charge is 0.262 e. The standard InChI is InChI=1S/C20H14F2N2O/c21-16-11-10-13(12-17(16)22)19-23-18-9-5-4-8-15(18)20(25)24(19)14-6-2-1-3-7-14/h1-12,19,23H/t19-/m0/s1. The number of rotatable bonds is 2. The lowest BCUT2D eigenvalue weighted by Crippen LogP contribution is -2.43. The molecule has 3 aromatic rings. The number of para-hydroxylation sites is 2. The molecule has 0 fully saturated rings. The topological polar surface area (TPSA) is 32.3 Å². The first-order chi connectivity index (χ1) is 12.1. The first-order valence-corrected chi connectivity index (χ1v) is 7.84. The van der Waals surface area contributed by atoms with Crippen LogP contribution < -0.4 is 10.2 Å². The molecule has 0 saturated carbocycles. The number of anilines is 2. The molecule has 1 aliphatic rings. The second-order valence-electron chi connectivity index (χ2n) is 5.78. The molecular weight excluding hydrogens is 322 g/mol. The van der Waals surface area contributed by atoms with Crippen molar-refractivity contribution in [3.8, 4) is 0 Å². The zero-order valence-corrected chi connectivity index (χ0v) is 13.1. The van der Waals surface area contributed by atoms with E-state index in [1.165, 1.54) is 6.07 Å². The van der Waals surface area contributed by atoms with Gasteiger partial charge in [-0.05, 0) is 42.0 Å². The molecule has 124 valence electrons. The van der Waals surface area contributed by atoms with Gasteiger partial charge < -0.3 is 5.32 Å². The summed E-state index contributed by atoms with van der Waals surface area (Å²) in [5.41, 5.74) is 2.33. The summed E-state index contributed by atoms with van der Waals surface area (Å²) < 4.78 is 27.1.